The van der Waals surface area contributed by atoms with Crippen LogP contribution in [0, 0.1) is 0 Å². The molecule has 0 aliphatic rings. The van der Waals surface area contributed by atoms with Crippen molar-refractivity contribution in [1.82, 2.24) is 15.5 Å². The van der Waals surface area contributed by atoms with Gasteiger partial charge < -0.3 is 14.5 Å². The molecule has 1 aromatic heterocycles. The minimum atomic E-state index is -3.54. The number of amides is 1. The third-order valence-electron chi connectivity index (χ3n) is 2.32. The molecule has 21 heavy (non-hydrogen) atoms. The lowest BCUT2D eigenvalue weighted by Crippen LogP contribution is -2.28. The maximum atomic E-state index is 11.5. The van der Waals surface area contributed by atoms with Gasteiger partial charge in [0.25, 0.3) is 5.91 Å². The monoisotopic (exact) mass is 311 g/mol. The Balaban J connectivity index is 1.80. The highest BCUT2D eigenvalue weighted by molar-refractivity contribution is 7.90. The fourth-order valence-corrected chi connectivity index (χ4v) is 1.79. The molecule has 1 N–H and O–H groups in total. The molecule has 2 rings (SSSR count). The fraction of sp³-hybridized carbons (Fsp3) is 0.250. The quantitative estimate of drug-likeness (QED) is 0.809. The van der Waals surface area contributed by atoms with Gasteiger partial charge in [0, 0.05) is 6.26 Å². The Labute approximate surface area is 121 Å². The van der Waals surface area contributed by atoms with E-state index in [1.165, 1.54) is 0 Å². The molecule has 2 aromatic rings. The second-order valence-electron chi connectivity index (χ2n) is 4.11. The molecule has 1 heterocycles. The van der Waals surface area contributed by atoms with E-state index in [0.29, 0.717) is 5.75 Å². The first kappa shape index (κ1) is 15.0. The third-order valence-corrected chi connectivity index (χ3v) is 3.11. The number of carbonyl (C=O) groups excluding carboxylic acids is 1. The highest BCUT2D eigenvalue weighted by atomic mass is 32.2. The van der Waals surface area contributed by atoms with Gasteiger partial charge in [-0.3, -0.25) is 4.79 Å². The SMILES string of the molecule is CS(=O)(=O)c1nnc(CNC(=O)COc2ccccc2)o1. The summed E-state index contributed by atoms with van der Waals surface area (Å²) in [6.07, 6.45) is 0.955. The molecule has 9 heteroatoms. The maximum Gasteiger partial charge on any atom is 0.335 e. The molecule has 0 saturated carbocycles. The number of nitrogens with one attached hydrogen (secondary N) is 1. The lowest BCUT2D eigenvalue weighted by Gasteiger charge is -2.05. The summed E-state index contributed by atoms with van der Waals surface area (Å²) in [4.78, 5) is 11.5. The minimum absolute atomic E-state index is 0.00323. The standard InChI is InChI=1S/C12H13N3O5S/c1-21(17,18)12-15-14-11(20-12)7-13-10(16)8-19-9-5-3-2-4-6-9/h2-6H,7-8H2,1H3,(H,13,16). The van der Waals surface area contributed by atoms with E-state index in [9.17, 15) is 13.2 Å². The Hall–Kier alpha value is -2.42. The molecule has 1 amide bonds. The van der Waals surface area contributed by atoms with Crippen molar-refractivity contribution in [1.29, 1.82) is 0 Å². The van der Waals surface area contributed by atoms with Crippen LogP contribution in [0.2, 0.25) is 0 Å². The number of hydrogen-bond acceptors (Lipinski definition) is 7. The third kappa shape index (κ3) is 4.56. The lowest BCUT2D eigenvalue weighted by atomic mass is 10.3. The summed E-state index contributed by atoms with van der Waals surface area (Å²) in [5.74, 6) is 0.186. The normalized spacial score (nSPS) is 11.1. The first-order valence-electron chi connectivity index (χ1n) is 5.92. The number of para-hydroxylation sites is 1. The van der Waals surface area contributed by atoms with Gasteiger partial charge in [0.1, 0.15) is 5.75 Å². The molecule has 0 bridgehead atoms. The molecule has 0 fully saturated rings. The van der Waals surface area contributed by atoms with E-state index in [1.807, 2.05) is 6.07 Å². The Morgan fingerprint density at radius 2 is 2.00 bits per heavy atom. The van der Waals surface area contributed by atoms with Gasteiger partial charge in [-0.2, -0.15) is 0 Å². The van der Waals surface area contributed by atoms with Crippen LogP contribution >= 0.6 is 0 Å². The second-order valence-corrected chi connectivity index (χ2v) is 6.01. The van der Waals surface area contributed by atoms with Crippen LogP contribution in [0.15, 0.2) is 40.0 Å². The molecule has 0 saturated heterocycles. The molecular formula is C12H13N3O5S. The van der Waals surface area contributed by atoms with Gasteiger partial charge in [0.15, 0.2) is 6.61 Å². The average Bonchev–Trinajstić information content (AvgIpc) is 2.93. The highest BCUT2D eigenvalue weighted by Crippen LogP contribution is 2.08. The van der Waals surface area contributed by atoms with E-state index in [1.54, 1.807) is 24.3 Å². The highest BCUT2D eigenvalue weighted by Gasteiger charge is 2.16. The molecule has 112 valence electrons. The predicted molar refractivity (Wildman–Crippen MR) is 71.2 cm³/mol. The zero-order valence-corrected chi connectivity index (χ0v) is 12.0. The maximum absolute atomic E-state index is 11.5. The van der Waals surface area contributed by atoms with Gasteiger partial charge in [0.05, 0.1) is 6.54 Å². The number of rotatable bonds is 6. The van der Waals surface area contributed by atoms with Crippen molar-refractivity contribution in [3.8, 4) is 5.75 Å². The molecule has 0 atom stereocenters. The Bertz CT molecular complexity index is 712. The van der Waals surface area contributed by atoms with Crippen LogP contribution in [-0.2, 0) is 21.2 Å². The van der Waals surface area contributed by atoms with E-state index in [0.717, 1.165) is 6.26 Å². The molecule has 0 radical (unpaired) electrons. The van der Waals surface area contributed by atoms with Crippen molar-refractivity contribution in [2.45, 2.75) is 11.8 Å². The van der Waals surface area contributed by atoms with E-state index in [-0.39, 0.29) is 19.0 Å². The topological polar surface area (TPSA) is 111 Å². The number of hydrogen-bond donors (Lipinski definition) is 1. The number of carbonyl (C=O) groups is 1. The van der Waals surface area contributed by atoms with E-state index < -0.39 is 21.0 Å². The van der Waals surface area contributed by atoms with Gasteiger partial charge in [-0.05, 0) is 12.1 Å². The van der Waals surface area contributed by atoms with Crippen molar-refractivity contribution in [2.75, 3.05) is 12.9 Å². The van der Waals surface area contributed by atoms with E-state index in [2.05, 4.69) is 15.5 Å². The van der Waals surface area contributed by atoms with Gasteiger partial charge in [-0.1, -0.05) is 23.3 Å². The number of ether oxygens (including phenoxy) is 1. The molecule has 0 aliphatic heterocycles. The number of nitrogens with zero attached hydrogens (tertiary/aromatic N) is 2. The van der Waals surface area contributed by atoms with E-state index in [4.69, 9.17) is 9.15 Å². The van der Waals surface area contributed by atoms with Crippen LogP contribution < -0.4 is 10.1 Å². The van der Waals surface area contributed by atoms with Crippen molar-refractivity contribution < 1.29 is 22.4 Å². The van der Waals surface area contributed by atoms with Crippen LogP contribution in [0.3, 0.4) is 0 Å². The zero-order valence-electron chi connectivity index (χ0n) is 11.1. The smallest absolute Gasteiger partial charge is 0.335 e. The van der Waals surface area contributed by atoms with E-state index >= 15 is 0 Å². The van der Waals surface area contributed by atoms with Crippen molar-refractivity contribution >= 4 is 15.7 Å². The predicted octanol–water partition coefficient (Wildman–Crippen LogP) is 0.168. The molecule has 8 nitrogen and oxygen atoms in total. The summed E-state index contributed by atoms with van der Waals surface area (Å²) < 4.78 is 32.4. The van der Waals surface area contributed by atoms with Crippen molar-refractivity contribution in [3.05, 3.63) is 36.2 Å². The molecule has 0 spiro atoms. The van der Waals surface area contributed by atoms with Crippen LogP contribution in [0.1, 0.15) is 5.89 Å². The lowest BCUT2D eigenvalue weighted by molar-refractivity contribution is -0.123. The number of benzene rings is 1. The average molecular weight is 311 g/mol. The summed E-state index contributed by atoms with van der Waals surface area (Å²) in [6.45, 7) is -0.239. The fourth-order valence-electron chi connectivity index (χ4n) is 1.35. The second kappa shape index (κ2) is 6.35. The summed E-state index contributed by atoms with van der Waals surface area (Å²) in [7, 11) is -3.54. The van der Waals surface area contributed by atoms with Crippen molar-refractivity contribution in [2.24, 2.45) is 0 Å². The van der Waals surface area contributed by atoms with Crippen LogP contribution in [-0.4, -0.2) is 37.4 Å². The Morgan fingerprint density at radius 3 is 2.62 bits per heavy atom. The Morgan fingerprint density at radius 1 is 1.29 bits per heavy atom. The molecule has 1 aromatic carbocycles. The van der Waals surface area contributed by atoms with Crippen LogP contribution in [0.5, 0.6) is 5.75 Å². The van der Waals surface area contributed by atoms with Gasteiger partial charge in [0.2, 0.25) is 15.7 Å². The largest absolute Gasteiger partial charge is 0.484 e. The number of sulfone groups is 1. The first-order valence-corrected chi connectivity index (χ1v) is 7.81. The summed E-state index contributed by atoms with van der Waals surface area (Å²) in [5, 5.41) is 8.89. The summed E-state index contributed by atoms with van der Waals surface area (Å²) in [5.41, 5.74) is 0. The molecule has 0 unspecified atom stereocenters. The Kier molecular flexibility index (Phi) is 4.53. The van der Waals surface area contributed by atoms with Crippen molar-refractivity contribution in [3.63, 3.8) is 0 Å². The zero-order chi connectivity index (χ0) is 15.3. The first-order chi connectivity index (χ1) is 9.95. The van der Waals surface area contributed by atoms with Gasteiger partial charge in [-0.25, -0.2) is 8.42 Å². The van der Waals surface area contributed by atoms with Crippen LogP contribution in [0.4, 0.5) is 0 Å². The number of aromatic nitrogens is 2. The van der Waals surface area contributed by atoms with Gasteiger partial charge >= 0.3 is 5.22 Å². The molecular weight excluding hydrogens is 298 g/mol. The summed E-state index contributed by atoms with van der Waals surface area (Å²) in [6, 6.07) is 8.87. The summed E-state index contributed by atoms with van der Waals surface area (Å²) >= 11 is 0. The van der Waals surface area contributed by atoms with Gasteiger partial charge in [-0.15, -0.1) is 5.10 Å². The minimum Gasteiger partial charge on any atom is -0.484 e. The molecule has 0 aliphatic carbocycles. The van der Waals surface area contributed by atoms with Crippen LogP contribution in [0.25, 0.3) is 0 Å².